The zero-order valence-corrected chi connectivity index (χ0v) is 12.9. The number of hydrogen-bond donors (Lipinski definition) is 0. The van der Waals surface area contributed by atoms with Gasteiger partial charge in [-0.2, -0.15) is 0 Å². The maximum Gasteiger partial charge on any atom is 0.119 e. The predicted octanol–water partition coefficient (Wildman–Crippen LogP) is 2.36. The lowest BCUT2D eigenvalue weighted by atomic mass is 10.2. The lowest BCUT2D eigenvalue weighted by Crippen LogP contribution is -2.32. The van der Waals surface area contributed by atoms with Gasteiger partial charge in [-0.3, -0.25) is 4.90 Å². The third-order valence-electron chi connectivity index (χ3n) is 3.13. The number of rotatable bonds is 11. The molecule has 0 saturated heterocycles. The predicted molar refractivity (Wildman–Crippen MR) is 81.5 cm³/mol. The second-order valence-corrected chi connectivity index (χ2v) is 4.84. The first-order valence-electron chi connectivity index (χ1n) is 7.16. The Bertz CT molecular complexity index is 332. The molecule has 20 heavy (non-hydrogen) atoms. The minimum atomic E-state index is 0.736. The molecule has 1 aromatic rings. The van der Waals surface area contributed by atoms with Crippen LogP contribution < -0.4 is 4.74 Å². The average molecular weight is 281 g/mol. The van der Waals surface area contributed by atoms with E-state index in [0.717, 1.165) is 51.6 Å². The molecule has 0 atom stereocenters. The van der Waals surface area contributed by atoms with Crippen LogP contribution in [0.1, 0.15) is 12.0 Å². The molecule has 0 saturated carbocycles. The minimum Gasteiger partial charge on any atom is -0.494 e. The van der Waals surface area contributed by atoms with E-state index in [1.54, 1.807) is 14.2 Å². The molecule has 0 bridgehead atoms. The average Bonchev–Trinajstić information content (AvgIpc) is 2.47. The molecule has 0 fully saturated rings. The molecule has 0 aliphatic rings. The molecule has 0 radical (unpaired) electrons. The summed E-state index contributed by atoms with van der Waals surface area (Å²) in [5.41, 5.74) is 1.25. The second kappa shape index (κ2) is 10.7. The minimum absolute atomic E-state index is 0.736. The maximum atomic E-state index is 5.73. The molecule has 0 unspecified atom stereocenters. The summed E-state index contributed by atoms with van der Waals surface area (Å²) in [6.07, 6.45) is 1.00. The van der Waals surface area contributed by atoms with Gasteiger partial charge in [-0.15, -0.1) is 0 Å². The van der Waals surface area contributed by atoms with Gasteiger partial charge in [0, 0.05) is 33.9 Å². The molecule has 1 rings (SSSR count). The van der Waals surface area contributed by atoms with Gasteiger partial charge in [0.15, 0.2) is 0 Å². The summed E-state index contributed by atoms with van der Waals surface area (Å²) < 4.78 is 16.0. The summed E-state index contributed by atoms with van der Waals surface area (Å²) in [6.45, 7) is 7.19. The largest absolute Gasteiger partial charge is 0.494 e. The van der Waals surface area contributed by atoms with Crippen LogP contribution in [0.4, 0.5) is 0 Å². The van der Waals surface area contributed by atoms with E-state index in [0.29, 0.717) is 0 Å². The van der Waals surface area contributed by atoms with Crippen LogP contribution in [0.25, 0.3) is 0 Å². The molecule has 114 valence electrons. The van der Waals surface area contributed by atoms with Gasteiger partial charge in [0.2, 0.25) is 0 Å². The Hall–Kier alpha value is -1.10. The number of methoxy groups -OCH3 is 2. The summed E-state index contributed by atoms with van der Waals surface area (Å²) in [7, 11) is 3.46. The van der Waals surface area contributed by atoms with Crippen molar-refractivity contribution in [1.82, 2.24) is 4.90 Å². The van der Waals surface area contributed by atoms with Crippen molar-refractivity contribution >= 4 is 0 Å². The summed E-state index contributed by atoms with van der Waals surface area (Å²) >= 11 is 0. The first-order valence-corrected chi connectivity index (χ1v) is 7.16. The first kappa shape index (κ1) is 17.0. The van der Waals surface area contributed by atoms with E-state index < -0.39 is 0 Å². The summed E-state index contributed by atoms with van der Waals surface area (Å²) in [6, 6.07) is 8.17. The molecule has 0 N–H and O–H groups in total. The van der Waals surface area contributed by atoms with E-state index in [4.69, 9.17) is 14.2 Å². The van der Waals surface area contributed by atoms with Gasteiger partial charge in [0.25, 0.3) is 0 Å². The van der Waals surface area contributed by atoms with Crippen LogP contribution in [-0.2, 0) is 9.47 Å². The fraction of sp³-hybridized carbons (Fsp3) is 0.625. The van der Waals surface area contributed by atoms with Crippen LogP contribution in [0.2, 0.25) is 0 Å². The normalized spacial score (nSPS) is 11.0. The van der Waals surface area contributed by atoms with Crippen LogP contribution in [0.15, 0.2) is 24.3 Å². The zero-order valence-electron chi connectivity index (χ0n) is 12.9. The molecule has 0 aliphatic carbocycles. The van der Waals surface area contributed by atoms with Crippen molar-refractivity contribution in [1.29, 1.82) is 0 Å². The topological polar surface area (TPSA) is 30.9 Å². The SMILES string of the molecule is COCCN(CCCOc1ccc(C)cc1)CCOC. The third kappa shape index (κ3) is 7.48. The molecule has 0 aromatic heterocycles. The van der Waals surface area contributed by atoms with Crippen molar-refractivity contribution in [3.05, 3.63) is 29.8 Å². The van der Waals surface area contributed by atoms with E-state index in [1.807, 2.05) is 12.1 Å². The van der Waals surface area contributed by atoms with Crippen molar-refractivity contribution < 1.29 is 14.2 Å². The zero-order chi connectivity index (χ0) is 14.6. The van der Waals surface area contributed by atoms with Crippen LogP contribution in [0.3, 0.4) is 0 Å². The highest BCUT2D eigenvalue weighted by Gasteiger charge is 2.04. The van der Waals surface area contributed by atoms with Crippen LogP contribution in [0, 0.1) is 6.92 Å². The van der Waals surface area contributed by atoms with Crippen molar-refractivity contribution in [3.8, 4) is 5.75 Å². The summed E-state index contributed by atoms with van der Waals surface area (Å²) in [5, 5.41) is 0. The van der Waals surface area contributed by atoms with E-state index in [-0.39, 0.29) is 0 Å². The molecule has 0 heterocycles. The van der Waals surface area contributed by atoms with Gasteiger partial charge in [0.05, 0.1) is 19.8 Å². The van der Waals surface area contributed by atoms with Gasteiger partial charge >= 0.3 is 0 Å². The van der Waals surface area contributed by atoms with Crippen molar-refractivity contribution in [2.45, 2.75) is 13.3 Å². The number of ether oxygens (including phenoxy) is 3. The van der Waals surface area contributed by atoms with Gasteiger partial charge in [-0.05, 0) is 25.5 Å². The third-order valence-corrected chi connectivity index (χ3v) is 3.13. The lowest BCUT2D eigenvalue weighted by molar-refractivity contribution is 0.110. The first-order chi connectivity index (χ1) is 9.76. The quantitative estimate of drug-likeness (QED) is 0.583. The van der Waals surface area contributed by atoms with E-state index in [1.165, 1.54) is 5.56 Å². The molecule has 0 spiro atoms. The Labute approximate surface area is 122 Å². The van der Waals surface area contributed by atoms with Crippen molar-refractivity contribution in [3.63, 3.8) is 0 Å². The smallest absolute Gasteiger partial charge is 0.119 e. The van der Waals surface area contributed by atoms with Crippen LogP contribution in [0.5, 0.6) is 5.75 Å². The number of nitrogens with zero attached hydrogens (tertiary/aromatic N) is 1. The molecular weight excluding hydrogens is 254 g/mol. The molecular formula is C16H27NO3. The van der Waals surface area contributed by atoms with Gasteiger partial charge in [0.1, 0.15) is 5.75 Å². The number of aryl methyl sites for hydroxylation is 1. The summed E-state index contributed by atoms with van der Waals surface area (Å²) in [5.74, 6) is 0.941. The van der Waals surface area contributed by atoms with Gasteiger partial charge < -0.3 is 14.2 Å². The van der Waals surface area contributed by atoms with Crippen molar-refractivity contribution in [2.75, 3.05) is 53.7 Å². The molecule has 0 amide bonds. The fourth-order valence-corrected chi connectivity index (χ4v) is 1.89. The Balaban J connectivity index is 2.19. The van der Waals surface area contributed by atoms with E-state index >= 15 is 0 Å². The van der Waals surface area contributed by atoms with Gasteiger partial charge in [-0.1, -0.05) is 17.7 Å². The molecule has 0 aliphatic heterocycles. The standard InChI is InChI=1S/C16H27NO3/c1-15-5-7-16(8-6-15)20-12-4-9-17(10-13-18-2)11-14-19-3/h5-8H,4,9-14H2,1-3H3. The van der Waals surface area contributed by atoms with E-state index in [9.17, 15) is 0 Å². The highest BCUT2D eigenvalue weighted by atomic mass is 16.5. The highest BCUT2D eigenvalue weighted by Crippen LogP contribution is 2.11. The molecule has 4 heteroatoms. The van der Waals surface area contributed by atoms with E-state index in [2.05, 4.69) is 24.0 Å². The van der Waals surface area contributed by atoms with Crippen LogP contribution in [-0.4, -0.2) is 58.6 Å². The molecule has 4 nitrogen and oxygen atoms in total. The second-order valence-electron chi connectivity index (χ2n) is 4.84. The Kier molecular flexibility index (Phi) is 9.04. The summed E-state index contributed by atoms with van der Waals surface area (Å²) in [4.78, 5) is 2.34. The fourth-order valence-electron chi connectivity index (χ4n) is 1.89. The Morgan fingerprint density at radius 3 is 2.00 bits per heavy atom. The van der Waals surface area contributed by atoms with Crippen LogP contribution >= 0.6 is 0 Å². The van der Waals surface area contributed by atoms with Crippen molar-refractivity contribution in [2.24, 2.45) is 0 Å². The number of benzene rings is 1. The number of hydrogen-bond acceptors (Lipinski definition) is 4. The highest BCUT2D eigenvalue weighted by molar-refractivity contribution is 5.26. The van der Waals surface area contributed by atoms with Gasteiger partial charge in [-0.25, -0.2) is 0 Å². The monoisotopic (exact) mass is 281 g/mol. The Morgan fingerprint density at radius 2 is 1.45 bits per heavy atom. The molecule has 1 aromatic carbocycles. The lowest BCUT2D eigenvalue weighted by Gasteiger charge is -2.21. The maximum absolute atomic E-state index is 5.73. The Morgan fingerprint density at radius 1 is 0.850 bits per heavy atom.